The molecule has 0 amide bonds. The fourth-order valence-corrected chi connectivity index (χ4v) is 6.66. The summed E-state index contributed by atoms with van der Waals surface area (Å²) in [5.41, 5.74) is 11.3. The minimum absolute atomic E-state index is 1.23. The lowest BCUT2D eigenvalue weighted by atomic mass is 9.83. The van der Waals surface area contributed by atoms with Gasteiger partial charge in [-0.3, -0.25) is 0 Å². The number of hydrogen-bond donors (Lipinski definition) is 0. The van der Waals surface area contributed by atoms with Gasteiger partial charge in [0.2, 0.25) is 0 Å². The molecular formula is C43H30. The molecular weight excluding hydrogens is 516 g/mol. The van der Waals surface area contributed by atoms with E-state index in [9.17, 15) is 0 Å². The van der Waals surface area contributed by atoms with E-state index in [4.69, 9.17) is 0 Å². The van der Waals surface area contributed by atoms with Crippen molar-refractivity contribution in [3.63, 3.8) is 0 Å². The molecule has 43 heavy (non-hydrogen) atoms. The van der Waals surface area contributed by atoms with Crippen molar-refractivity contribution in [1.29, 1.82) is 0 Å². The predicted molar refractivity (Wildman–Crippen MR) is 185 cm³/mol. The zero-order valence-electron chi connectivity index (χ0n) is 24.1. The monoisotopic (exact) mass is 546 g/mol. The van der Waals surface area contributed by atoms with Crippen LogP contribution in [0.3, 0.4) is 0 Å². The van der Waals surface area contributed by atoms with Crippen LogP contribution in [0, 0.1) is 6.92 Å². The van der Waals surface area contributed by atoms with Crippen molar-refractivity contribution >= 4 is 32.3 Å². The SMILES string of the molecule is Cc1ccc2c(-c3cccc4ccccc34)c3ccc(-c4ccccc4)cc3c(-c3ccc(-c4ccccc4)cc3)c2c1. The van der Waals surface area contributed by atoms with E-state index in [2.05, 4.69) is 171 Å². The van der Waals surface area contributed by atoms with Gasteiger partial charge in [-0.15, -0.1) is 0 Å². The van der Waals surface area contributed by atoms with Gasteiger partial charge in [-0.1, -0.05) is 163 Å². The Morgan fingerprint density at radius 1 is 0.302 bits per heavy atom. The van der Waals surface area contributed by atoms with E-state index in [1.807, 2.05) is 0 Å². The third kappa shape index (κ3) is 4.40. The Labute approximate surface area is 252 Å². The van der Waals surface area contributed by atoms with Gasteiger partial charge in [-0.25, -0.2) is 0 Å². The second kappa shape index (κ2) is 10.4. The zero-order chi connectivity index (χ0) is 28.8. The molecule has 0 aliphatic carbocycles. The first kappa shape index (κ1) is 25.3. The molecule has 0 nitrogen and oxygen atoms in total. The molecule has 0 N–H and O–H groups in total. The molecule has 0 saturated carbocycles. The summed E-state index contributed by atoms with van der Waals surface area (Å²) in [7, 11) is 0. The lowest BCUT2D eigenvalue weighted by Crippen LogP contribution is -1.93. The molecule has 8 aromatic carbocycles. The van der Waals surface area contributed by atoms with E-state index in [1.54, 1.807) is 0 Å². The van der Waals surface area contributed by atoms with Crippen LogP contribution in [0.25, 0.3) is 76.8 Å². The first-order valence-corrected chi connectivity index (χ1v) is 14.9. The van der Waals surface area contributed by atoms with Gasteiger partial charge in [0.05, 0.1) is 0 Å². The summed E-state index contributed by atoms with van der Waals surface area (Å²) in [5.74, 6) is 0. The van der Waals surface area contributed by atoms with Crippen LogP contribution in [0.15, 0.2) is 164 Å². The maximum Gasteiger partial charge on any atom is -0.00201 e. The second-order valence-electron chi connectivity index (χ2n) is 11.4. The average molecular weight is 547 g/mol. The van der Waals surface area contributed by atoms with Crippen LogP contribution in [0.5, 0.6) is 0 Å². The van der Waals surface area contributed by atoms with Gasteiger partial charge in [-0.05, 0) is 89.8 Å². The van der Waals surface area contributed by atoms with Crippen LogP contribution in [0.4, 0.5) is 0 Å². The molecule has 0 fully saturated rings. The first-order chi connectivity index (χ1) is 21.2. The van der Waals surface area contributed by atoms with Crippen LogP contribution in [0.1, 0.15) is 5.56 Å². The molecule has 8 aromatic rings. The summed E-state index contributed by atoms with van der Waals surface area (Å²) in [6.45, 7) is 2.20. The van der Waals surface area contributed by atoms with E-state index >= 15 is 0 Å². The number of rotatable bonds is 4. The van der Waals surface area contributed by atoms with E-state index < -0.39 is 0 Å². The molecule has 0 radical (unpaired) electrons. The predicted octanol–water partition coefficient (Wildman–Crippen LogP) is 12.1. The summed E-state index contributed by atoms with van der Waals surface area (Å²) >= 11 is 0. The largest absolute Gasteiger partial charge is 0.0622 e. The van der Waals surface area contributed by atoms with Crippen LogP contribution < -0.4 is 0 Å². The van der Waals surface area contributed by atoms with Gasteiger partial charge in [0.15, 0.2) is 0 Å². The van der Waals surface area contributed by atoms with Crippen molar-refractivity contribution in [1.82, 2.24) is 0 Å². The molecule has 0 unspecified atom stereocenters. The van der Waals surface area contributed by atoms with Crippen molar-refractivity contribution < 1.29 is 0 Å². The van der Waals surface area contributed by atoms with E-state index in [1.165, 1.54) is 82.4 Å². The van der Waals surface area contributed by atoms with E-state index in [0.717, 1.165) is 0 Å². The van der Waals surface area contributed by atoms with Crippen molar-refractivity contribution in [2.24, 2.45) is 0 Å². The first-order valence-electron chi connectivity index (χ1n) is 14.9. The van der Waals surface area contributed by atoms with Gasteiger partial charge >= 0.3 is 0 Å². The normalized spacial score (nSPS) is 11.4. The molecule has 0 heterocycles. The highest BCUT2D eigenvalue weighted by Gasteiger charge is 2.19. The molecule has 8 rings (SSSR count). The van der Waals surface area contributed by atoms with Crippen LogP contribution >= 0.6 is 0 Å². The number of benzene rings is 8. The van der Waals surface area contributed by atoms with Crippen molar-refractivity contribution in [3.05, 3.63) is 169 Å². The minimum atomic E-state index is 1.23. The third-order valence-corrected chi connectivity index (χ3v) is 8.72. The Kier molecular flexibility index (Phi) is 6.12. The molecule has 0 atom stereocenters. The Morgan fingerprint density at radius 2 is 0.837 bits per heavy atom. The second-order valence-corrected chi connectivity index (χ2v) is 11.4. The fourth-order valence-electron chi connectivity index (χ4n) is 6.66. The molecule has 202 valence electrons. The zero-order valence-corrected chi connectivity index (χ0v) is 24.1. The molecule has 0 aromatic heterocycles. The molecule has 0 heteroatoms. The minimum Gasteiger partial charge on any atom is -0.0622 e. The highest BCUT2D eigenvalue weighted by Crippen LogP contribution is 2.46. The lowest BCUT2D eigenvalue weighted by Gasteiger charge is -2.20. The van der Waals surface area contributed by atoms with Gasteiger partial charge in [0.1, 0.15) is 0 Å². The maximum absolute atomic E-state index is 2.40. The van der Waals surface area contributed by atoms with Crippen molar-refractivity contribution in [2.75, 3.05) is 0 Å². The Hall–Kier alpha value is -5.46. The molecule has 0 saturated heterocycles. The highest BCUT2D eigenvalue weighted by molar-refractivity contribution is 6.24. The van der Waals surface area contributed by atoms with Gasteiger partial charge in [0, 0.05) is 0 Å². The summed E-state index contributed by atoms with van der Waals surface area (Å²) in [5, 5.41) is 7.65. The summed E-state index contributed by atoms with van der Waals surface area (Å²) < 4.78 is 0. The van der Waals surface area contributed by atoms with Crippen molar-refractivity contribution in [3.8, 4) is 44.5 Å². The maximum atomic E-state index is 2.40. The third-order valence-electron chi connectivity index (χ3n) is 8.72. The molecule has 0 bridgehead atoms. The van der Waals surface area contributed by atoms with Crippen LogP contribution in [-0.2, 0) is 0 Å². The fraction of sp³-hybridized carbons (Fsp3) is 0.0233. The van der Waals surface area contributed by atoms with Gasteiger partial charge in [0.25, 0.3) is 0 Å². The summed E-state index contributed by atoms with van der Waals surface area (Å²) in [4.78, 5) is 0. The quantitative estimate of drug-likeness (QED) is 0.193. The lowest BCUT2D eigenvalue weighted by molar-refractivity contribution is 1.51. The summed E-state index contributed by atoms with van der Waals surface area (Å²) in [6.07, 6.45) is 0. The standard InChI is InChI=1S/C43H30/c1-29-19-25-38-40(27-29)42(34-22-20-32(21-23-34)30-11-4-2-5-12-30)41-28-35(31-13-6-3-7-14-31)24-26-39(41)43(38)37-18-10-16-33-15-8-9-17-36(33)37/h2-28H,1H3. The Morgan fingerprint density at radius 3 is 1.58 bits per heavy atom. The Bertz CT molecular complexity index is 2250. The highest BCUT2D eigenvalue weighted by atomic mass is 14.2. The molecule has 0 spiro atoms. The average Bonchev–Trinajstić information content (AvgIpc) is 3.08. The number of fused-ring (bicyclic) bond motifs is 3. The van der Waals surface area contributed by atoms with E-state index in [-0.39, 0.29) is 0 Å². The molecule has 0 aliphatic rings. The van der Waals surface area contributed by atoms with Crippen LogP contribution in [-0.4, -0.2) is 0 Å². The number of aryl methyl sites for hydroxylation is 1. The number of hydrogen-bond acceptors (Lipinski definition) is 0. The van der Waals surface area contributed by atoms with Crippen molar-refractivity contribution in [2.45, 2.75) is 6.92 Å². The Balaban J connectivity index is 1.49. The van der Waals surface area contributed by atoms with Gasteiger partial charge in [-0.2, -0.15) is 0 Å². The summed E-state index contributed by atoms with van der Waals surface area (Å²) in [6, 6.07) is 59.9. The van der Waals surface area contributed by atoms with Gasteiger partial charge < -0.3 is 0 Å². The molecule has 0 aliphatic heterocycles. The topological polar surface area (TPSA) is 0 Å². The smallest absolute Gasteiger partial charge is 0.00201 e. The van der Waals surface area contributed by atoms with Crippen LogP contribution in [0.2, 0.25) is 0 Å². The van der Waals surface area contributed by atoms with E-state index in [0.29, 0.717) is 0 Å².